The first-order valence-electron chi connectivity index (χ1n) is 7.87. The van der Waals surface area contributed by atoms with Gasteiger partial charge in [-0.2, -0.15) is 0 Å². The highest BCUT2D eigenvalue weighted by atomic mass is 79.9. The number of hydrogen-bond acceptors (Lipinski definition) is 5. The summed E-state index contributed by atoms with van der Waals surface area (Å²) in [5, 5.41) is 15.6. The lowest BCUT2D eigenvalue weighted by Crippen LogP contribution is -2.46. The summed E-state index contributed by atoms with van der Waals surface area (Å²) in [6.07, 6.45) is 0.149. The van der Waals surface area contributed by atoms with Crippen molar-refractivity contribution in [2.45, 2.75) is 39.3 Å². The van der Waals surface area contributed by atoms with Crippen LogP contribution in [0.3, 0.4) is 0 Å². The lowest BCUT2D eigenvalue weighted by Gasteiger charge is -2.30. The fourth-order valence-corrected chi connectivity index (χ4v) is 3.16. The van der Waals surface area contributed by atoms with E-state index in [0.717, 1.165) is 0 Å². The number of phenols is 1. The number of hydrogen-bond donors (Lipinski definition) is 3. The highest BCUT2D eigenvalue weighted by Gasteiger charge is 2.35. The Bertz CT molecular complexity index is 730. The molecule has 1 unspecified atom stereocenters. The van der Waals surface area contributed by atoms with Gasteiger partial charge in [-0.3, -0.25) is 0 Å². The molecule has 0 spiro atoms. The van der Waals surface area contributed by atoms with E-state index in [9.17, 15) is 14.7 Å². The Balaban J connectivity index is 2.58. The summed E-state index contributed by atoms with van der Waals surface area (Å²) in [5.74, 6) is -0.351. The number of carbonyl (C=O) groups is 2. The number of benzene rings is 1. The third-order valence-electron chi connectivity index (χ3n) is 3.71. The summed E-state index contributed by atoms with van der Waals surface area (Å²) in [5.41, 5.74) is 1.32. The normalized spacial score (nSPS) is 17.2. The quantitative estimate of drug-likeness (QED) is 0.645. The van der Waals surface area contributed by atoms with Gasteiger partial charge < -0.3 is 25.2 Å². The second kappa shape index (κ2) is 7.77. The zero-order valence-corrected chi connectivity index (χ0v) is 16.1. The van der Waals surface area contributed by atoms with Crippen molar-refractivity contribution in [1.82, 2.24) is 10.6 Å². The van der Waals surface area contributed by atoms with E-state index in [1.807, 2.05) is 6.92 Å². The SMILES string of the molecule is CCC1=C(C(=O)OC(C)C)C(c2ccc(OC)c(O)c2Br)NC(=O)N1. The maximum absolute atomic E-state index is 12.6. The number of aromatic hydroxyl groups is 1. The number of phenolic OH excluding ortho intramolecular Hbond substituents is 1. The number of amides is 2. The van der Waals surface area contributed by atoms with E-state index in [-0.39, 0.29) is 17.6 Å². The number of urea groups is 1. The van der Waals surface area contributed by atoms with Gasteiger partial charge in [-0.15, -0.1) is 0 Å². The molecule has 3 N–H and O–H groups in total. The van der Waals surface area contributed by atoms with Gasteiger partial charge in [0.25, 0.3) is 0 Å². The maximum atomic E-state index is 12.6. The molecule has 8 heteroatoms. The molecule has 1 aromatic rings. The van der Waals surface area contributed by atoms with Crippen LogP contribution in [0.25, 0.3) is 0 Å². The van der Waals surface area contributed by atoms with Gasteiger partial charge in [-0.1, -0.05) is 13.0 Å². The zero-order valence-electron chi connectivity index (χ0n) is 14.5. The lowest BCUT2D eigenvalue weighted by atomic mass is 9.94. The number of halogens is 1. The van der Waals surface area contributed by atoms with E-state index < -0.39 is 18.0 Å². The van der Waals surface area contributed by atoms with E-state index in [2.05, 4.69) is 26.6 Å². The highest BCUT2D eigenvalue weighted by Crippen LogP contribution is 2.41. The standard InChI is InChI=1S/C17H21BrN2O5/c1-5-10-12(16(22)25-8(2)3)14(20-17(23)19-10)9-6-7-11(24-4)15(21)13(9)18/h6-8,14,21H,5H2,1-4H3,(H2,19,20,23). The van der Waals surface area contributed by atoms with Gasteiger partial charge in [0.1, 0.15) is 0 Å². The van der Waals surface area contributed by atoms with Crippen molar-refractivity contribution in [3.63, 3.8) is 0 Å². The molecule has 1 aliphatic rings. The first kappa shape index (κ1) is 19.1. The minimum absolute atomic E-state index is 0.109. The van der Waals surface area contributed by atoms with Crippen LogP contribution in [-0.4, -0.2) is 30.3 Å². The van der Waals surface area contributed by atoms with E-state index in [1.54, 1.807) is 26.0 Å². The zero-order chi connectivity index (χ0) is 18.7. The van der Waals surface area contributed by atoms with Gasteiger partial charge >= 0.3 is 12.0 Å². The van der Waals surface area contributed by atoms with Crippen LogP contribution in [0, 0.1) is 0 Å². The smallest absolute Gasteiger partial charge is 0.338 e. The van der Waals surface area contributed by atoms with Crippen LogP contribution in [-0.2, 0) is 9.53 Å². The first-order chi connectivity index (χ1) is 11.8. The molecule has 0 saturated carbocycles. The predicted molar refractivity (Wildman–Crippen MR) is 95.3 cm³/mol. The van der Waals surface area contributed by atoms with E-state index >= 15 is 0 Å². The summed E-state index contributed by atoms with van der Waals surface area (Å²) in [6, 6.07) is 2.06. The Morgan fingerprint density at radius 1 is 1.40 bits per heavy atom. The third-order valence-corrected chi connectivity index (χ3v) is 4.54. The molecule has 25 heavy (non-hydrogen) atoms. The number of allylic oxidation sites excluding steroid dienone is 1. The predicted octanol–water partition coefficient (Wildman–Crippen LogP) is 3.13. The van der Waals surface area contributed by atoms with Gasteiger partial charge in [0, 0.05) is 5.70 Å². The Morgan fingerprint density at radius 3 is 2.64 bits per heavy atom. The summed E-state index contributed by atoms with van der Waals surface area (Å²) in [4.78, 5) is 24.6. The fourth-order valence-electron chi connectivity index (χ4n) is 2.60. The van der Waals surface area contributed by atoms with Crippen molar-refractivity contribution in [2.24, 2.45) is 0 Å². The molecule has 1 aliphatic heterocycles. The number of rotatable bonds is 5. The van der Waals surface area contributed by atoms with E-state index in [4.69, 9.17) is 9.47 Å². The third kappa shape index (κ3) is 3.89. The molecular weight excluding hydrogens is 392 g/mol. The van der Waals surface area contributed by atoms with Gasteiger partial charge in [0.05, 0.1) is 29.3 Å². The molecule has 0 saturated heterocycles. The van der Waals surface area contributed by atoms with Gasteiger partial charge in [-0.05, 0) is 47.8 Å². The Morgan fingerprint density at radius 2 is 2.08 bits per heavy atom. The van der Waals surface area contributed by atoms with Gasteiger partial charge in [-0.25, -0.2) is 9.59 Å². The van der Waals surface area contributed by atoms with Gasteiger partial charge in [0.15, 0.2) is 11.5 Å². The Hall–Kier alpha value is -2.22. The number of ether oxygens (including phenoxy) is 2. The second-order valence-electron chi connectivity index (χ2n) is 5.75. The molecule has 0 fully saturated rings. The molecule has 136 valence electrons. The van der Waals surface area contributed by atoms with Crippen LogP contribution in [0.4, 0.5) is 4.79 Å². The number of methoxy groups -OCH3 is 1. The van der Waals surface area contributed by atoms with Crippen molar-refractivity contribution in [1.29, 1.82) is 0 Å². The molecule has 2 amide bonds. The molecule has 0 bridgehead atoms. The van der Waals surface area contributed by atoms with Crippen LogP contribution in [0.1, 0.15) is 38.8 Å². The molecule has 7 nitrogen and oxygen atoms in total. The summed E-state index contributed by atoms with van der Waals surface area (Å²) in [7, 11) is 1.44. The number of carbonyl (C=O) groups excluding carboxylic acids is 2. The maximum Gasteiger partial charge on any atom is 0.338 e. The Labute approximate surface area is 154 Å². The van der Waals surface area contributed by atoms with Crippen LogP contribution < -0.4 is 15.4 Å². The molecule has 1 atom stereocenters. The topological polar surface area (TPSA) is 96.9 Å². The van der Waals surface area contributed by atoms with Crippen LogP contribution in [0.2, 0.25) is 0 Å². The first-order valence-corrected chi connectivity index (χ1v) is 8.66. The molecular formula is C17H21BrN2O5. The van der Waals surface area contributed by atoms with Crippen molar-refractivity contribution >= 4 is 27.9 Å². The lowest BCUT2D eigenvalue weighted by molar-refractivity contribution is -0.143. The minimum atomic E-state index is -0.763. The van der Waals surface area contributed by atoms with Gasteiger partial charge in [0.2, 0.25) is 0 Å². The number of nitrogens with one attached hydrogen (secondary N) is 2. The van der Waals surface area contributed by atoms with Crippen molar-refractivity contribution < 1.29 is 24.2 Å². The number of esters is 1. The van der Waals surface area contributed by atoms with Crippen molar-refractivity contribution in [3.8, 4) is 11.5 Å². The van der Waals surface area contributed by atoms with Crippen molar-refractivity contribution in [2.75, 3.05) is 7.11 Å². The van der Waals surface area contributed by atoms with Crippen LogP contribution >= 0.6 is 15.9 Å². The van der Waals surface area contributed by atoms with Crippen molar-refractivity contribution in [3.05, 3.63) is 33.4 Å². The Kier molecular flexibility index (Phi) is 5.94. The molecule has 0 aromatic heterocycles. The monoisotopic (exact) mass is 412 g/mol. The molecule has 2 rings (SSSR count). The minimum Gasteiger partial charge on any atom is -0.503 e. The molecule has 1 aromatic carbocycles. The summed E-state index contributed by atoms with van der Waals surface area (Å²) in [6.45, 7) is 5.34. The highest BCUT2D eigenvalue weighted by molar-refractivity contribution is 9.10. The largest absolute Gasteiger partial charge is 0.503 e. The van der Waals surface area contributed by atoms with E-state index in [1.165, 1.54) is 7.11 Å². The fraction of sp³-hybridized carbons (Fsp3) is 0.412. The summed E-state index contributed by atoms with van der Waals surface area (Å²) < 4.78 is 10.7. The van der Waals surface area contributed by atoms with E-state index in [0.29, 0.717) is 27.7 Å². The average molecular weight is 413 g/mol. The molecule has 1 heterocycles. The molecule has 0 radical (unpaired) electrons. The summed E-state index contributed by atoms with van der Waals surface area (Å²) >= 11 is 3.32. The molecule has 0 aliphatic carbocycles. The second-order valence-corrected chi connectivity index (χ2v) is 6.54. The van der Waals surface area contributed by atoms with Crippen LogP contribution in [0.15, 0.2) is 27.9 Å². The van der Waals surface area contributed by atoms with Crippen LogP contribution in [0.5, 0.6) is 11.5 Å². The average Bonchev–Trinajstić information content (AvgIpc) is 2.55.